The van der Waals surface area contributed by atoms with Gasteiger partial charge in [-0.25, -0.2) is 22.8 Å². The Kier molecular flexibility index (Phi) is 4.68. The van der Waals surface area contributed by atoms with Crippen LogP contribution >= 0.6 is 11.6 Å². The number of fused-ring (bicyclic) bond motifs is 1. The number of rotatable bonds is 3. The summed E-state index contributed by atoms with van der Waals surface area (Å²) in [5, 5.41) is 2.74. The summed E-state index contributed by atoms with van der Waals surface area (Å²) < 4.78 is 43.6. The average Bonchev–Trinajstić information content (AvgIpc) is 2.96. The first-order chi connectivity index (χ1) is 12.1. The standard InChI is InChI=1S/C16H16BClF3N5/c1-7(2)16(3,17)25-14-12(11-9(20)4-8(19)5-10(11)21)13(18)24-15-22-6-23-26(14)15/h4-5,7,23H,6H2,1-3H3,(H,22,24). The Morgan fingerprint density at radius 3 is 2.46 bits per heavy atom. The summed E-state index contributed by atoms with van der Waals surface area (Å²) in [5.74, 6) is -3.03. The fourth-order valence-electron chi connectivity index (χ4n) is 2.43. The molecule has 0 saturated carbocycles. The second-order valence-electron chi connectivity index (χ2n) is 6.51. The van der Waals surface area contributed by atoms with Crippen LogP contribution in [0.25, 0.3) is 11.1 Å². The molecule has 1 aliphatic rings. The van der Waals surface area contributed by atoms with Gasteiger partial charge in [0.05, 0.1) is 11.1 Å². The molecule has 3 rings (SSSR count). The van der Waals surface area contributed by atoms with Crippen LogP contribution in [0.1, 0.15) is 20.8 Å². The molecule has 2 radical (unpaired) electrons. The molecular weight excluding hydrogens is 365 g/mol. The highest BCUT2D eigenvalue weighted by Crippen LogP contribution is 2.31. The second-order valence-corrected chi connectivity index (χ2v) is 6.87. The van der Waals surface area contributed by atoms with Crippen LogP contribution in [0.3, 0.4) is 0 Å². The van der Waals surface area contributed by atoms with Gasteiger partial charge in [-0.2, -0.15) is 0 Å². The number of anilines is 1. The molecule has 136 valence electrons. The van der Waals surface area contributed by atoms with Gasteiger partial charge in [0.25, 0.3) is 0 Å². The maximum atomic E-state index is 14.4. The van der Waals surface area contributed by atoms with E-state index < -0.39 is 28.5 Å². The van der Waals surface area contributed by atoms with E-state index >= 15 is 0 Å². The lowest BCUT2D eigenvalue weighted by Gasteiger charge is -2.26. The molecule has 0 amide bonds. The molecule has 0 fully saturated rings. The second kappa shape index (κ2) is 6.53. The number of hydrogen-bond donors (Lipinski definition) is 2. The molecule has 2 aromatic rings. The molecule has 1 aromatic heterocycles. The molecule has 2 N–H and O–H groups in total. The number of halogens is 4. The smallest absolute Gasteiger partial charge is 0.226 e. The predicted molar refractivity (Wildman–Crippen MR) is 95.0 cm³/mol. The zero-order chi connectivity index (χ0) is 19.2. The minimum atomic E-state index is -1.11. The lowest BCUT2D eigenvalue weighted by Crippen LogP contribution is -2.37. The van der Waals surface area contributed by atoms with Gasteiger partial charge >= 0.3 is 0 Å². The Balaban J connectivity index is 2.43. The predicted octanol–water partition coefficient (Wildman–Crippen LogP) is 2.99. The maximum Gasteiger partial charge on any atom is 0.226 e. The molecule has 26 heavy (non-hydrogen) atoms. The summed E-state index contributed by atoms with van der Waals surface area (Å²) in [6.45, 7) is 5.72. The molecule has 2 heterocycles. The van der Waals surface area contributed by atoms with E-state index in [1.807, 2.05) is 13.8 Å². The van der Waals surface area contributed by atoms with E-state index in [1.54, 1.807) is 6.92 Å². The van der Waals surface area contributed by atoms with E-state index in [0.717, 1.165) is 0 Å². The first-order valence-corrected chi connectivity index (χ1v) is 8.29. The summed E-state index contributed by atoms with van der Waals surface area (Å²) in [7, 11) is 6.24. The highest BCUT2D eigenvalue weighted by molar-refractivity contribution is 6.32. The third kappa shape index (κ3) is 3.16. The van der Waals surface area contributed by atoms with E-state index in [2.05, 4.69) is 20.7 Å². The van der Waals surface area contributed by atoms with Crippen molar-refractivity contribution in [1.29, 1.82) is 0 Å². The van der Waals surface area contributed by atoms with Gasteiger partial charge in [-0.15, -0.1) is 0 Å². The molecule has 1 atom stereocenters. The van der Waals surface area contributed by atoms with Gasteiger partial charge in [0.2, 0.25) is 5.95 Å². The monoisotopic (exact) mass is 381 g/mol. The molecule has 0 saturated heterocycles. The SMILES string of the molecule is [B]C(C)(N=c1c(-c2c(F)cc(F)cc2F)c(Cl)nc2n1NCN2)C(C)C. The van der Waals surface area contributed by atoms with Crippen LogP contribution in [0.2, 0.25) is 5.15 Å². The maximum absolute atomic E-state index is 14.4. The summed E-state index contributed by atoms with van der Waals surface area (Å²) in [5.41, 5.74) is 1.33. The van der Waals surface area contributed by atoms with Crippen molar-refractivity contribution >= 4 is 25.4 Å². The minimum Gasteiger partial charge on any atom is -0.336 e. The van der Waals surface area contributed by atoms with Gasteiger partial charge in [-0.1, -0.05) is 25.4 Å². The number of nitrogens with one attached hydrogen (secondary N) is 2. The molecule has 5 nitrogen and oxygen atoms in total. The van der Waals surface area contributed by atoms with Crippen LogP contribution in [-0.2, 0) is 0 Å². The summed E-state index contributed by atoms with van der Waals surface area (Å²) in [4.78, 5) is 8.59. The molecule has 1 aliphatic heterocycles. The summed E-state index contributed by atoms with van der Waals surface area (Å²) in [6, 6.07) is 1.15. The normalized spacial score (nSPS) is 16.2. The molecule has 1 unspecified atom stereocenters. The molecule has 10 heteroatoms. The summed E-state index contributed by atoms with van der Waals surface area (Å²) in [6.07, 6.45) is 0. The number of benzene rings is 1. The van der Waals surface area contributed by atoms with Crippen molar-refractivity contribution in [3.05, 3.63) is 40.2 Å². The van der Waals surface area contributed by atoms with Crippen LogP contribution in [0.4, 0.5) is 19.1 Å². The molecule has 0 aliphatic carbocycles. The number of aromatic nitrogens is 2. The third-order valence-corrected chi connectivity index (χ3v) is 4.59. The van der Waals surface area contributed by atoms with Crippen LogP contribution in [-0.4, -0.2) is 29.6 Å². The highest BCUT2D eigenvalue weighted by Gasteiger charge is 2.27. The van der Waals surface area contributed by atoms with Gasteiger partial charge in [0.15, 0.2) is 5.49 Å². The van der Waals surface area contributed by atoms with Crippen molar-refractivity contribution in [1.82, 2.24) is 9.66 Å². The minimum absolute atomic E-state index is 0.0872. The van der Waals surface area contributed by atoms with Crippen molar-refractivity contribution in [3.8, 4) is 11.1 Å². The summed E-state index contributed by atoms with van der Waals surface area (Å²) >= 11 is 6.22. The van der Waals surface area contributed by atoms with E-state index in [1.165, 1.54) is 4.68 Å². The van der Waals surface area contributed by atoms with Crippen molar-refractivity contribution in [2.75, 3.05) is 17.4 Å². The van der Waals surface area contributed by atoms with E-state index in [0.29, 0.717) is 24.7 Å². The van der Waals surface area contributed by atoms with Crippen LogP contribution in [0.15, 0.2) is 17.1 Å². The Hall–Kier alpha value is -2.16. The van der Waals surface area contributed by atoms with Crippen molar-refractivity contribution in [2.24, 2.45) is 10.9 Å². The van der Waals surface area contributed by atoms with Gasteiger partial charge in [-0.3, -0.25) is 4.99 Å². The third-order valence-electron chi connectivity index (χ3n) is 4.31. The Morgan fingerprint density at radius 1 is 1.27 bits per heavy atom. The molecule has 1 aromatic carbocycles. The Morgan fingerprint density at radius 2 is 1.88 bits per heavy atom. The first-order valence-electron chi connectivity index (χ1n) is 7.92. The fraction of sp³-hybridized carbons (Fsp3) is 0.375. The number of hydrogen-bond acceptors (Lipinski definition) is 4. The van der Waals surface area contributed by atoms with Crippen LogP contribution < -0.4 is 16.2 Å². The van der Waals surface area contributed by atoms with Gasteiger partial charge in [0, 0.05) is 17.6 Å². The molecular formula is C16H16BClF3N5. The van der Waals surface area contributed by atoms with Gasteiger partial charge < -0.3 is 10.7 Å². The lowest BCUT2D eigenvalue weighted by atomic mass is 9.71. The lowest BCUT2D eigenvalue weighted by molar-refractivity contribution is 0.459. The van der Waals surface area contributed by atoms with Gasteiger partial charge in [0.1, 0.15) is 37.1 Å². The average molecular weight is 382 g/mol. The Bertz CT molecular complexity index is 919. The largest absolute Gasteiger partial charge is 0.336 e. The van der Waals surface area contributed by atoms with Crippen molar-refractivity contribution in [2.45, 2.75) is 26.2 Å². The quantitative estimate of drug-likeness (QED) is 0.635. The van der Waals surface area contributed by atoms with Crippen molar-refractivity contribution in [3.63, 3.8) is 0 Å². The first kappa shape index (κ1) is 18.6. The van der Waals surface area contributed by atoms with E-state index in [9.17, 15) is 13.2 Å². The van der Waals surface area contributed by atoms with Gasteiger partial charge in [-0.05, 0) is 12.8 Å². The van der Waals surface area contributed by atoms with Crippen LogP contribution in [0.5, 0.6) is 0 Å². The Labute approximate surface area is 154 Å². The molecule has 0 spiro atoms. The topological polar surface area (TPSA) is 54.2 Å². The van der Waals surface area contributed by atoms with Crippen LogP contribution in [0, 0.1) is 23.4 Å². The number of nitrogens with zero attached hydrogens (tertiary/aromatic N) is 3. The van der Waals surface area contributed by atoms with E-state index in [-0.39, 0.29) is 22.1 Å². The fourth-order valence-corrected chi connectivity index (χ4v) is 2.69. The zero-order valence-corrected chi connectivity index (χ0v) is 15.1. The highest BCUT2D eigenvalue weighted by atomic mass is 35.5. The molecule has 0 bridgehead atoms. The van der Waals surface area contributed by atoms with Crippen molar-refractivity contribution < 1.29 is 13.2 Å². The zero-order valence-electron chi connectivity index (χ0n) is 14.4. The van der Waals surface area contributed by atoms with E-state index in [4.69, 9.17) is 19.4 Å².